The van der Waals surface area contributed by atoms with Crippen molar-refractivity contribution in [1.82, 2.24) is 4.90 Å². The van der Waals surface area contributed by atoms with Crippen LogP contribution in [0.5, 0.6) is 0 Å². The van der Waals surface area contributed by atoms with E-state index in [0.29, 0.717) is 0 Å². The molecule has 2 heteroatoms. The Morgan fingerprint density at radius 3 is 2.55 bits per heavy atom. The maximum atomic E-state index is 11.1. The van der Waals surface area contributed by atoms with Crippen LogP contribution >= 0.6 is 0 Å². The predicted molar refractivity (Wildman–Crippen MR) is 46.0 cm³/mol. The number of carbonyl (C=O) groups is 1. The molecule has 62 valence electrons. The summed E-state index contributed by atoms with van der Waals surface area (Å²) in [5.74, 6) is 4.99. The molecule has 0 heterocycles. The van der Waals surface area contributed by atoms with Gasteiger partial charge in [0.15, 0.2) is 0 Å². The van der Waals surface area contributed by atoms with Crippen molar-refractivity contribution in [3.63, 3.8) is 0 Å². The van der Waals surface area contributed by atoms with Gasteiger partial charge in [-0.3, -0.25) is 4.79 Å². The fraction of sp³-hybridized carbons (Fsp3) is 0.667. The lowest BCUT2D eigenvalue weighted by Gasteiger charge is -2.20. The first-order chi connectivity index (χ1) is 5.13. The molecular formula is C9H15NO. The molecule has 0 N–H and O–H groups in total. The number of rotatable bonds is 2. The van der Waals surface area contributed by atoms with Gasteiger partial charge in [0, 0.05) is 13.1 Å². The highest BCUT2D eigenvalue weighted by atomic mass is 16.2. The Bertz CT molecular complexity index is 187. The quantitative estimate of drug-likeness (QED) is 0.547. The SMILES string of the molecule is CC#CC(=O)N(C)C(C)CC. The molecule has 0 spiro atoms. The highest BCUT2D eigenvalue weighted by Gasteiger charge is 2.10. The molecule has 0 radical (unpaired) electrons. The second kappa shape index (κ2) is 4.79. The van der Waals surface area contributed by atoms with Crippen molar-refractivity contribution in [2.24, 2.45) is 0 Å². The Morgan fingerprint density at radius 1 is 1.64 bits per heavy atom. The molecule has 0 aromatic carbocycles. The summed E-state index contributed by atoms with van der Waals surface area (Å²) in [6, 6.07) is 0.281. The van der Waals surface area contributed by atoms with Crippen LogP contribution < -0.4 is 0 Å². The lowest BCUT2D eigenvalue weighted by Crippen LogP contribution is -2.33. The van der Waals surface area contributed by atoms with Crippen LogP contribution in [0.3, 0.4) is 0 Å². The fourth-order valence-electron chi connectivity index (χ4n) is 0.669. The molecule has 0 saturated carbocycles. The van der Waals surface area contributed by atoms with E-state index in [2.05, 4.69) is 11.8 Å². The number of amides is 1. The van der Waals surface area contributed by atoms with Gasteiger partial charge in [-0.15, -0.1) is 0 Å². The maximum absolute atomic E-state index is 11.1. The molecule has 0 saturated heterocycles. The number of nitrogens with zero attached hydrogens (tertiary/aromatic N) is 1. The number of carbonyl (C=O) groups excluding carboxylic acids is 1. The summed E-state index contributed by atoms with van der Waals surface area (Å²) in [6.07, 6.45) is 0.966. The molecule has 0 aromatic rings. The van der Waals surface area contributed by atoms with Crippen LogP contribution in [0, 0.1) is 11.8 Å². The third kappa shape index (κ3) is 3.08. The van der Waals surface area contributed by atoms with Crippen LogP contribution in [0.15, 0.2) is 0 Å². The van der Waals surface area contributed by atoms with Gasteiger partial charge in [-0.2, -0.15) is 0 Å². The van der Waals surface area contributed by atoms with Crippen molar-refractivity contribution in [3.05, 3.63) is 0 Å². The Kier molecular flexibility index (Phi) is 4.36. The van der Waals surface area contributed by atoms with Crippen LogP contribution in [0.25, 0.3) is 0 Å². The molecule has 0 aliphatic rings. The summed E-state index contributed by atoms with van der Waals surface area (Å²) in [4.78, 5) is 12.8. The molecule has 0 rings (SSSR count). The lowest BCUT2D eigenvalue weighted by atomic mass is 10.2. The highest BCUT2D eigenvalue weighted by Crippen LogP contribution is 1.99. The summed E-state index contributed by atoms with van der Waals surface area (Å²) in [6.45, 7) is 5.73. The largest absolute Gasteiger partial charge is 0.332 e. The summed E-state index contributed by atoms with van der Waals surface area (Å²) in [5.41, 5.74) is 0. The second-order valence-corrected chi connectivity index (χ2v) is 2.55. The van der Waals surface area contributed by atoms with Crippen LogP contribution in [0.1, 0.15) is 27.2 Å². The Balaban J connectivity index is 4.09. The van der Waals surface area contributed by atoms with Crippen molar-refractivity contribution < 1.29 is 4.79 Å². The zero-order valence-electron chi connectivity index (χ0n) is 7.64. The third-order valence-corrected chi connectivity index (χ3v) is 1.80. The van der Waals surface area contributed by atoms with E-state index in [9.17, 15) is 4.79 Å². The Labute approximate surface area is 68.6 Å². The molecule has 0 fully saturated rings. The average Bonchev–Trinajstić information content (AvgIpc) is 2.02. The van der Waals surface area contributed by atoms with E-state index in [4.69, 9.17) is 0 Å². The van der Waals surface area contributed by atoms with E-state index >= 15 is 0 Å². The predicted octanol–water partition coefficient (Wildman–Crippen LogP) is 1.27. The highest BCUT2D eigenvalue weighted by molar-refractivity contribution is 5.93. The first-order valence-electron chi connectivity index (χ1n) is 3.83. The van der Waals surface area contributed by atoms with Crippen molar-refractivity contribution in [3.8, 4) is 11.8 Å². The monoisotopic (exact) mass is 153 g/mol. The van der Waals surface area contributed by atoms with Gasteiger partial charge in [0.2, 0.25) is 0 Å². The molecule has 0 aromatic heterocycles. The summed E-state index contributed by atoms with van der Waals surface area (Å²) in [5, 5.41) is 0. The van der Waals surface area contributed by atoms with E-state index < -0.39 is 0 Å². The minimum Gasteiger partial charge on any atom is -0.332 e. The Hall–Kier alpha value is -0.970. The van der Waals surface area contributed by atoms with E-state index in [1.54, 1.807) is 18.9 Å². The van der Waals surface area contributed by atoms with E-state index in [0.717, 1.165) is 6.42 Å². The van der Waals surface area contributed by atoms with Gasteiger partial charge in [-0.05, 0) is 26.2 Å². The average molecular weight is 153 g/mol. The topological polar surface area (TPSA) is 20.3 Å². The second-order valence-electron chi connectivity index (χ2n) is 2.55. The maximum Gasteiger partial charge on any atom is 0.298 e. The van der Waals surface area contributed by atoms with Gasteiger partial charge in [0.1, 0.15) is 0 Å². The van der Waals surface area contributed by atoms with Crippen LogP contribution in [0.4, 0.5) is 0 Å². The van der Waals surface area contributed by atoms with Crippen LogP contribution in [-0.2, 0) is 4.79 Å². The van der Waals surface area contributed by atoms with E-state index in [-0.39, 0.29) is 11.9 Å². The molecule has 1 atom stereocenters. The minimum absolute atomic E-state index is 0.0955. The van der Waals surface area contributed by atoms with Crippen molar-refractivity contribution in [2.45, 2.75) is 33.2 Å². The van der Waals surface area contributed by atoms with Crippen LogP contribution in [-0.4, -0.2) is 23.9 Å². The number of hydrogen-bond acceptors (Lipinski definition) is 1. The molecule has 0 aliphatic heterocycles. The fourth-order valence-corrected chi connectivity index (χ4v) is 0.669. The van der Waals surface area contributed by atoms with Crippen LogP contribution in [0.2, 0.25) is 0 Å². The zero-order valence-corrected chi connectivity index (χ0v) is 7.64. The first kappa shape index (κ1) is 10.0. The van der Waals surface area contributed by atoms with E-state index in [1.807, 2.05) is 13.8 Å². The molecule has 0 aliphatic carbocycles. The third-order valence-electron chi connectivity index (χ3n) is 1.80. The van der Waals surface area contributed by atoms with Crippen molar-refractivity contribution in [2.75, 3.05) is 7.05 Å². The standard InChI is InChI=1S/C9H15NO/c1-5-7-9(11)10(4)8(3)6-2/h8H,6H2,1-4H3. The lowest BCUT2D eigenvalue weighted by molar-refractivity contribution is -0.125. The summed E-state index contributed by atoms with van der Waals surface area (Å²) < 4.78 is 0. The normalized spacial score (nSPS) is 11.3. The van der Waals surface area contributed by atoms with Gasteiger partial charge in [0.25, 0.3) is 5.91 Å². The smallest absolute Gasteiger partial charge is 0.298 e. The van der Waals surface area contributed by atoms with Gasteiger partial charge >= 0.3 is 0 Å². The van der Waals surface area contributed by atoms with Crippen molar-refractivity contribution >= 4 is 5.91 Å². The molecule has 0 bridgehead atoms. The summed E-state index contributed by atoms with van der Waals surface area (Å²) >= 11 is 0. The first-order valence-corrected chi connectivity index (χ1v) is 3.83. The van der Waals surface area contributed by atoms with Gasteiger partial charge in [-0.1, -0.05) is 12.8 Å². The Morgan fingerprint density at radius 2 is 2.18 bits per heavy atom. The van der Waals surface area contributed by atoms with Gasteiger partial charge in [0.05, 0.1) is 0 Å². The summed E-state index contributed by atoms with van der Waals surface area (Å²) in [7, 11) is 1.78. The molecule has 1 unspecified atom stereocenters. The minimum atomic E-state index is -0.0955. The molecular weight excluding hydrogens is 138 g/mol. The van der Waals surface area contributed by atoms with Gasteiger partial charge in [-0.25, -0.2) is 0 Å². The molecule has 1 amide bonds. The molecule has 11 heavy (non-hydrogen) atoms. The van der Waals surface area contributed by atoms with E-state index in [1.165, 1.54) is 0 Å². The number of hydrogen-bond donors (Lipinski definition) is 0. The van der Waals surface area contributed by atoms with Crippen molar-refractivity contribution in [1.29, 1.82) is 0 Å². The zero-order chi connectivity index (χ0) is 8.85. The molecule has 2 nitrogen and oxygen atoms in total. The van der Waals surface area contributed by atoms with Gasteiger partial charge < -0.3 is 4.90 Å².